The van der Waals surface area contributed by atoms with Crippen molar-refractivity contribution >= 4 is 0 Å². The Morgan fingerprint density at radius 3 is 2.76 bits per heavy atom. The molecule has 2 rings (SSSR count). The topological polar surface area (TPSA) is 39.8 Å². The van der Waals surface area contributed by atoms with E-state index >= 15 is 0 Å². The van der Waals surface area contributed by atoms with E-state index in [0.717, 1.165) is 24.2 Å². The molecule has 17 heavy (non-hydrogen) atoms. The molecule has 0 aromatic carbocycles. The first kappa shape index (κ1) is 11.6. The van der Waals surface area contributed by atoms with Gasteiger partial charge in [0, 0.05) is 25.1 Å². The van der Waals surface area contributed by atoms with E-state index in [-0.39, 0.29) is 5.69 Å². The van der Waals surface area contributed by atoms with Crippen molar-refractivity contribution in [3.8, 4) is 0 Å². The van der Waals surface area contributed by atoms with Gasteiger partial charge in [-0.05, 0) is 25.0 Å². The number of pyridine rings is 1. The van der Waals surface area contributed by atoms with E-state index in [1.807, 2.05) is 31.5 Å². The minimum Gasteiger partial charge on any atom is -0.299 e. The first-order valence-electron chi connectivity index (χ1n) is 5.88. The Morgan fingerprint density at radius 1 is 1.29 bits per heavy atom. The van der Waals surface area contributed by atoms with E-state index in [4.69, 9.17) is 0 Å². The minimum absolute atomic E-state index is 0.0388. The molecule has 0 aliphatic heterocycles. The Labute approximate surface area is 101 Å². The summed E-state index contributed by atoms with van der Waals surface area (Å²) in [4.78, 5) is 16.3. The summed E-state index contributed by atoms with van der Waals surface area (Å²) in [5.74, 6) is 0. The average Bonchev–Trinajstić information content (AvgIpc) is 2.65. The summed E-state index contributed by atoms with van der Waals surface area (Å²) in [6.45, 7) is 5.39. The third kappa shape index (κ3) is 2.46. The molecule has 2 aromatic rings. The quantitative estimate of drug-likeness (QED) is 0.805. The monoisotopic (exact) mass is 231 g/mol. The molecule has 0 aliphatic rings. The second-order valence-corrected chi connectivity index (χ2v) is 4.17. The SMILES string of the molecule is CCCn1ccn(Cc2ncccc2C)c1=O. The molecule has 0 atom stereocenters. The predicted octanol–water partition coefficient (Wildman–Crippen LogP) is 1.81. The highest BCUT2D eigenvalue weighted by atomic mass is 16.1. The maximum absolute atomic E-state index is 12.0. The number of rotatable bonds is 4. The molecule has 0 fully saturated rings. The van der Waals surface area contributed by atoms with Gasteiger partial charge in [0.1, 0.15) is 0 Å². The zero-order valence-corrected chi connectivity index (χ0v) is 10.3. The van der Waals surface area contributed by atoms with Crippen molar-refractivity contribution in [2.24, 2.45) is 0 Å². The molecule has 4 heteroatoms. The predicted molar refractivity (Wildman–Crippen MR) is 67.1 cm³/mol. The largest absolute Gasteiger partial charge is 0.328 e. The Kier molecular flexibility index (Phi) is 3.42. The van der Waals surface area contributed by atoms with E-state index < -0.39 is 0 Å². The van der Waals surface area contributed by atoms with Gasteiger partial charge < -0.3 is 0 Å². The summed E-state index contributed by atoms with van der Waals surface area (Å²) in [6.07, 6.45) is 6.39. The fourth-order valence-corrected chi connectivity index (χ4v) is 1.83. The second-order valence-electron chi connectivity index (χ2n) is 4.17. The van der Waals surface area contributed by atoms with Crippen LogP contribution in [0.1, 0.15) is 24.6 Å². The molecule has 0 bridgehead atoms. The molecule has 2 heterocycles. The number of hydrogen-bond donors (Lipinski definition) is 0. The van der Waals surface area contributed by atoms with Crippen molar-refractivity contribution in [1.29, 1.82) is 0 Å². The number of aryl methyl sites for hydroxylation is 2. The number of aromatic nitrogens is 3. The lowest BCUT2D eigenvalue weighted by Crippen LogP contribution is -2.24. The van der Waals surface area contributed by atoms with Gasteiger partial charge in [0.25, 0.3) is 0 Å². The van der Waals surface area contributed by atoms with E-state index in [2.05, 4.69) is 11.9 Å². The highest BCUT2D eigenvalue weighted by Crippen LogP contribution is 2.04. The van der Waals surface area contributed by atoms with Gasteiger partial charge in [-0.3, -0.25) is 14.1 Å². The lowest BCUT2D eigenvalue weighted by molar-refractivity contribution is 0.620. The average molecular weight is 231 g/mol. The smallest absolute Gasteiger partial charge is 0.299 e. The zero-order valence-electron chi connectivity index (χ0n) is 10.3. The highest BCUT2D eigenvalue weighted by Gasteiger charge is 2.05. The second kappa shape index (κ2) is 4.99. The third-order valence-corrected chi connectivity index (χ3v) is 2.82. The van der Waals surface area contributed by atoms with Gasteiger partial charge in [0.05, 0.1) is 12.2 Å². The van der Waals surface area contributed by atoms with Crippen molar-refractivity contribution in [3.63, 3.8) is 0 Å². The molecule has 2 aromatic heterocycles. The normalized spacial score (nSPS) is 10.7. The third-order valence-electron chi connectivity index (χ3n) is 2.82. The van der Waals surface area contributed by atoms with Crippen LogP contribution in [0.15, 0.2) is 35.5 Å². The van der Waals surface area contributed by atoms with Crippen molar-refractivity contribution in [3.05, 3.63) is 52.5 Å². The van der Waals surface area contributed by atoms with Gasteiger partial charge in [-0.15, -0.1) is 0 Å². The van der Waals surface area contributed by atoms with Crippen molar-refractivity contribution < 1.29 is 0 Å². The molecule has 0 spiro atoms. The van der Waals surface area contributed by atoms with Gasteiger partial charge in [-0.1, -0.05) is 13.0 Å². The standard InChI is InChI=1S/C13H17N3O/c1-3-7-15-8-9-16(13(15)17)10-12-11(2)5-4-6-14-12/h4-6,8-9H,3,7,10H2,1-2H3. The van der Waals surface area contributed by atoms with Crippen LogP contribution in [0.25, 0.3) is 0 Å². The van der Waals surface area contributed by atoms with Gasteiger partial charge in [-0.2, -0.15) is 0 Å². The van der Waals surface area contributed by atoms with Crippen LogP contribution in [0.3, 0.4) is 0 Å². The van der Waals surface area contributed by atoms with Crippen LogP contribution < -0.4 is 5.69 Å². The van der Waals surface area contributed by atoms with Crippen LogP contribution in [0.2, 0.25) is 0 Å². The maximum atomic E-state index is 12.0. The molecule has 90 valence electrons. The molecular formula is C13H17N3O. The number of hydrogen-bond acceptors (Lipinski definition) is 2. The number of imidazole rings is 1. The first-order chi connectivity index (χ1) is 8.22. The molecule has 0 radical (unpaired) electrons. The van der Waals surface area contributed by atoms with Crippen LogP contribution in [0, 0.1) is 6.92 Å². The fraction of sp³-hybridized carbons (Fsp3) is 0.385. The van der Waals surface area contributed by atoms with Gasteiger partial charge >= 0.3 is 5.69 Å². The van der Waals surface area contributed by atoms with E-state index in [1.165, 1.54) is 0 Å². The van der Waals surface area contributed by atoms with Crippen molar-refractivity contribution in [2.45, 2.75) is 33.4 Å². The van der Waals surface area contributed by atoms with E-state index in [0.29, 0.717) is 6.54 Å². The molecule has 0 N–H and O–H groups in total. The van der Waals surface area contributed by atoms with Crippen LogP contribution >= 0.6 is 0 Å². The lowest BCUT2D eigenvalue weighted by atomic mass is 10.2. The van der Waals surface area contributed by atoms with E-state index in [1.54, 1.807) is 15.3 Å². The molecule has 0 saturated carbocycles. The summed E-state index contributed by atoms with van der Waals surface area (Å²) in [5, 5.41) is 0. The first-order valence-corrected chi connectivity index (χ1v) is 5.88. The molecule has 0 aliphatic carbocycles. The molecule has 0 saturated heterocycles. The maximum Gasteiger partial charge on any atom is 0.328 e. The fourth-order valence-electron chi connectivity index (χ4n) is 1.83. The summed E-state index contributed by atoms with van der Waals surface area (Å²) < 4.78 is 3.43. The van der Waals surface area contributed by atoms with Gasteiger partial charge in [0.2, 0.25) is 0 Å². The van der Waals surface area contributed by atoms with Crippen LogP contribution in [0.5, 0.6) is 0 Å². The van der Waals surface area contributed by atoms with Crippen LogP contribution in [-0.2, 0) is 13.1 Å². The molecule has 0 unspecified atom stereocenters. The summed E-state index contributed by atoms with van der Waals surface area (Å²) in [6, 6.07) is 3.92. The lowest BCUT2D eigenvalue weighted by Gasteiger charge is -2.04. The van der Waals surface area contributed by atoms with Crippen molar-refractivity contribution in [2.75, 3.05) is 0 Å². The summed E-state index contributed by atoms with van der Waals surface area (Å²) in [5.41, 5.74) is 2.10. The minimum atomic E-state index is 0.0388. The van der Waals surface area contributed by atoms with Gasteiger partial charge in [-0.25, -0.2) is 4.79 Å². The Hall–Kier alpha value is -1.84. The Balaban J connectivity index is 2.25. The summed E-state index contributed by atoms with van der Waals surface area (Å²) in [7, 11) is 0. The Bertz CT molecular complexity index is 554. The number of nitrogens with zero attached hydrogens (tertiary/aromatic N) is 3. The molecule has 0 amide bonds. The molecule has 4 nitrogen and oxygen atoms in total. The van der Waals surface area contributed by atoms with Gasteiger partial charge in [0.15, 0.2) is 0 Å². The van der Waals surface area contributed by atoms with Crippen LogP contribution in [0.4, 0.5) is 0 Å². The van der Waals surface area contributed by atoms with Crippen molar-refractivity contribution in [1.82, 2.24) is 14.1 Å². The molecular weight excluding hydrogens is 214 g/mol. The Morgan fingerprint density at radius 2 is 2.06 bits per heavy atom. The summed E-state index contributed by atoms with van der Waals surface area (Å²) >= 11 is 0. The van der Waals surface area contributed by atoms with Crippen LogP contribution in [-0.4, -0.2) is 14.1 Å². The zero-order chi connectivity index (χ0) is 12.3. The highest BCUT2D eigenvalue weighted by molar-refractivity contribution is 5.17. The van der Waals surface area contributed by atoms with E-state index in [9.17, 15) is 4.79 Å².